The molecule has 24 heavy (non-hydrogen) atoms. The van der Waals surface area contributed by atoms with Gasteiger partial charge in [0, 0.05) is 13.0 Å². The van der Waals surface area contributed by atoms with E-state index in [4.69, 9.17) is 10.5 Å². The van der Waals surface area contributed by atoms with Crippen LogP contribution in [-0.4, -0.2) is 58.1 Å². The Morgan fingerprint density at radius 2 is 1.83 bits per heavy atom. The number of methoxy groups -OCH3 is 1. The van der Waals surface area contributed by atoms with Crippen molar-refractivity contribution in [3.63, 3.8) is 0 Å². The molecule has 3 aliphatic rings. The number of hydrogen-bond acceptors (Lipinski definition) is 6. The van der Waals surface area contributed by atoms with E-state index >= 15 is 0 Å². The van der Waals surface area contributed by atoms with Gasteiger partial charge < -0.3 is 15.4 Å². The number of thioether (sulfide) groups is 2. The van der Waals surface area contributed by atoms with Crippen LogP contribution in [0.3, 0.4) is 0 Å². The third-order valence-electron chi connectivity index (χ3n) is 5.51. The predicted molar refractivity (Wildman–Crippen MR) is 98.9 cm³/mol. The summed E-state index contributed by atoms with van der Waals surface area (Å²) in [5.74, 6) is 2.09. The number of ether oxygens (including phenoxy) is 1. The molecule has 2 heterocycles. The van der Waals surface area contributed by atoms with Gasteiger partial charge in [-0.25, -0.2) is 4.79 Å². The van der Waals surface area contributed by atoms with Crippen LogP contribution in [0.4, 0.5) is 0 Å². The minimum Gasteiger partial charge on any atom is -0.467 e. The van der Waals surface area contributed by atoms with Gasteiger partial charge in [0.2, 0.25) is 5.91 Å². The standard InChI is InChI=1S/C17H28N2O3S2/c1-22-16(21)13-10-17(23-8-5-9-24-17)11-19(13)15(20)14(18)12-6-3-2-4-7-12/h12-14H,2-11,18H2,1H3. The maximum absolute atomic E-state index is 13.1. The van der Waals surface area contributed by atoms with E-state index in [9.17, 15) is 9.59 Å². The normalized spacial score (nSPS) is 28.8. The molecule has 7 heteroatoms. The van der Waals surface area contributed by atoms with Gasteiger partial charge in [-0.15, -0.1) is 23.5 Å². The first-order valence-corrected chi connectivity index (χ1v) is 11.0. The summed E-state index contributed by atoms with van der Waals surface area (Å²) >= 11 is 3.79. The van der Waals surface area contributed by atoms with Crippen LogP contribution in [0.15, 0.2) is 0 Å². The van der Waals surface area contributed by atoms with Crippen LogP contribution in [0.5, 0.6) is 0 Å². The largest absolute Gasteiger partial charge is 0.467 e. The number of carbonyl (C=O) groups is 2. The van der Waals surface area contributed by atoms with Crippen LogP contribution in [0.2, 0.25) is 0 Å². The molecule has 2 atom stereocenters. The molecule has 3 rings (SSSR count). The lowest BCUT2D eigenvalue weighted by Crippen LogP contribution is -2.52. The summed E-state index contributed by atoms with van der Waals surface area (Å²) in [6.07, 6.45) is 7.47. The minimum absolute atomic E-state index is 0.0547. The SMILES string of the molecule is COC(=O)C1CC2(CN1C(=O)C(N)C1CCCCC1)SCCCS2. The van der Waals surface area contributed by atoms with Crippen LogP contribution in [0.1, 0.15) is 44.9 Å². The van der Waals surface area contributed by atoms with Crippen molar-refractivity contribution < 1.29 is 14.3 Å². The second-order valence-corrected chi connectivity index (χ2v) is 10.3. The summed E-state index contributed by atoms with van der Waals surface area (Å²) in [4.78, 5) is 27.1. The van der Waals surface area contributed by atoms with E-state index in [0.717, 1.165) is 37.2 Å². The first-order valence-electron chi connectivity index (χ1n) is 8.98. The molecule has 2 saturated heterocycles. The van der Waals surface area contributed by atoms with Crippen molar-refractivity contribution in [3.8, 4) is 0 Å². The number of carbonyl (C=O) groups excluding carboxylic acids is 2. The first kappa shape index (κ1) is 18.4. The summed E-state index contributed by atoms with van der Waals surface area (Å²) in [6, 6.07) is -0.957. The fourth-order valence-electron chi connectivity index (χ4n) is 4.13. The van der Waals surface area contributed by atoms with Gasteiger partial charge in [-0.2, -0.15) is 0 Å². The van der Waals surface area contributed by atoms with Crippen molar-refractivity contribution in [3.05, 3.63) is 0 Å². The highest BCUT2D eigenvalue weighted by atomic mass is 32.2. The van der Waals surface area contributed by atoms with Gasteiger partial charge in [0.05, 0.1) is 17.2 Å². The molecule has 2 unspecified atom stereocenters. The number of esters is 1. The molecule has 0 bridgehead atoms. The van der Waals surface area contributed by atoms with Gasteiger partial charge in [0.1, 0.15) is 6.04 Å². The van der Waals surface area contributed by atoms with Crippen LogP contribution in [0.25, 0.3) is 0 Å². The van der Waals surface area contributed by atoms with Crippen LogP contribution in [0, 0.1) is 5.92 Å². The van der Waals surface area contributed by atoms with Gasteiger partial charge in [0.15, 0.2) is 0 Å². The molecule has 1 aliphatic carbocycles. The van der Waals surface area contributed by atoms with E-state index in [1.807, 2.05) is 23.5 Å². The Balaban J connectivity index is 1.74. The zero-order valence-electron chi connectivity index (χ0n) is 14.4. The summed E-state index contributed by atoms with van der Waals surface area (Å²) in [5.41, 5.74) is 6.34. The predicted octanol–water partition coefficient (Wildman–Crippen LogP) is 2.23. The number of hydrogen-bond donors (Lipinski definition) is 1. The van der Waals surface area contributed by atoms with Crippen LogP contribution in [-0.2, 0) is 14.3 Å². The Hall–Kier alpha value is -0.400. The van der Waals surface area contributed by atoms with Crippen molar-refractivity contribution in [1.29, 1.82) is 0 Å². The molecule has 0 aromatic heterocycles. The molecule has 1 spiro atoms. The molecule has 136 valence electrons. The number of nitrogens with two attached hydrogens (primary N) is 1. The number of likely N-dealkylation sites (tertiary alicyclic amines) is 1. The lowest BCUT2D eigenvalue weighted by molar-refractivity contribution is -0.151. The average molecular weight is 373 g/mol. The van der Waals surface area contributed by atoms with Crippen molar-refractivity contribution >= 4 is 35.4 Å². The Morgan fingerprint density at radius 3 is 2.46 bits per heavy atom. The fraction of sp³-hybridized carbons (Fsp3) is 0.882. The van der Waals surface area contributed by atoms with Crippen molar-refractivity contribution in [2.75, 3.05) is 25.2 Å². The monoisotopic (exact) mass is 372 g/mol. The Morgan fingerprint density at radius 1 is 1.17 bits per heavy atom. The summed E-state index contributed by atoms with van der Waals surface area (Å²) < 4.78 is 4.93. The van der Waals surface area contributed by atoms with E-state index in [-0.39, 0.29) is 21.9 Å². The highest BCUT2D eigenvalue weighted by Crippen LogP contribution is 2.50. The summed E-state index contributed by atoms with van der Waals surface area (Å²) in [7, 11) is 1.40. The smallest absolute Gasteiger partial charge is 0.328 e. The Bertz CT molecular complexity index is 476. The Kier molecular flexibility index (Phi) is 6.03. The lowest BCUT2D eigenvalue weighted by Gasteiger charge is -2.33. The number of rotatable bonds is 3. The van der Waals surface area contributed by atoms with Crippen molar-refractivity contribution in [2.45, 2.75) is 61.1 Å². The molecular formula is C17H28N2O3S2. The van der Waals surface area contributed by atoms with Crippen LogP contribution >= 0.6 is 23.5 Å². The summed E-state index contributed by atoms with van der Waals surface area (Å²) in [6.45, 7) is 0.612. The van der Waals surface area contributed by atoms with Crippen molar-refractivity contribution in [2.24, 2.45) is 11.7 Å². The van der Waals surface area contributed by atoms with E-state index in [0.29, 0.717) is 13.0 Å². The Labute approximate surface area is 152 Å². The molecule has 2 aliphatic heterocycles. The molecular weight excluding hydrogens is 344 g/mol. The number of amides is 1. The minimum atomic E-state index is -0.480. The van der Waals surface area contributed by atoms with E-state index in [1.54, 1.807) is 4.90 Å². The van der Waals surface area contributed by atoms with Gasteiger partial charge in [-0.1, -0.05) is 19.3 Å². The quantitative estimate of drug-likeness (QED) is 0.766. The lowest BCUT2D eigenvalue weighted by atomic mass is 9.83. The average Bonchev–Trinajstić information content (AvgIpc) is 3.00. The fourth-order valence-corrected chi connectivity index (χ4v) is 7.48. The molecule has 0 radical (unpaired) electrons. The topological polar surface area (TPSA) is 72.6 Å². The molecule has 3 fully saturated rings. The van der Waals surface area contributed by atoms with Gasteiger partial charge >= 0.3 is 5.97 Å². The second-order valence-electron chi connectivity index (χ2n) is 7.09. The first-order chi connectivity index (χ1) is 11.6. The molecule has 1 saturated carbocycles. The maximum atomic E-state index is 13.1. The maximum Gasteiger partial charge on any atom is 0.328 e. The highest BCUT2D eigenvalue weighted by molar-refractivity contribution is 8.18. The van der Waals surface area contributed by atoms with Crippen molar-refractivity contribution in [1.82, 2.24) is 4.90 Å². The van der Waals surface area contributed by atoms with Gasteiger partial charge in [-0.05, 0) is 36.7 Å². The molecule has 0 aromatic carbocycles. The molecule has 1 amide bonds. The van der Waals surface area contributed by atoms with E-state index in [1.165, 1.54) is 20.0 Å². The third-order valence-corrected chi connectivity index (χ3v) is 8.85. The van der Waals surface area contributed by atoms with Gasteiger partial charge in [0.25, 0.3) is 0 Å². The number of nitrogens with zero attached hydrogens (tertiary/aromatic N) is 1. The molecule has 0 aromatic rings. The molecule has 2 N–H and O–H groups in total. The highest BCUT2D eigenvalue weighted by Gasteiger charge is 2.51. The second kappa shape index (κ2) is 7.87. The van der Waals surface area contributed by atoms with Gasteiger partial charge in [-0.3, -0.25) is 4.79 Å². The summed E-state index contributed by atoms with van der Waals surface area (Å²) in [5, 5.41) is 0. The molecule has 5 nitrogen and oxygen atoms in total. The van der Waals surface area contributed by atoms with Crippen LogP contribution < -0.4 is 5.73 Å². The van der Waals surface area contributed by atoms with E-state index in [2.05, 4.69) is 0 Å². The third kappa shape index (κ3) is 3.73. The van der Waals surface area contributed by atoms with E-state index < -0.39 is 12.1 Å². The zero-order valence-corrected chi connectivity index (χ0v) is 16.0. The zero-order chi connectivity index (χ0) is 17.2.